The van der Waals surface area contributed by atoms with Crippen LogP contribution in [-0.4, -0.2) is 30.0 Å². The molecule has 0 radical (unpaired) electrons. The first-order valence-corrected chi connectivity index (χ1v) is 5.11. The van der Waals surface area contributed by atoms with Gasteiger partial charge in [0.2, 0.25) is 5.82 Å². The average molecular weight is 247 g/mol. The van der Waals surface area contributed by atoms with Gasteiger partial charge in [-0.1, -0.05) is 0 Å². The zero-order valence-corrected chi connectivity index (χ0v) is 9.36. The lowest BCUT2D eigenvalue weighted by Gasteiger charge is -2.18. The number of rotatable bonds is 5. The van der Waals surface area contributed by atoms with Crippen LogP contribution in [0.5, 0.6) is 5.75 Å². The highest BCUT2D eigenvalue weighted by Crippen LogP contribution is 2.28. The number of benzene rings is 1. The molecule has 0 bridgehead atoms. The van der Waals surface area contributed by atoms with Crippen molar-refractivity contribution in [3.05, 3.63) is 29.3 Å². The molecule has 0 aliphatic carbocycles. The van der Waals surface area contributed by atoms with E-state index in [9.17, 15) is 19.0 Å². The Hall–Kier alpha value is -1.24. The van der Waals surface area contributed by atoms with Gasteiger partial charge in [-0.25, -0.2) is 4.39 Å². The molecule has 0 amide bonds. The molecule has 6 heteroatoms. The molecule has 2 atom stereocenters. The lowest BCUT2D eigenvalue weighted by molar-refractivity contribution is 0.0125. The summed E-state index contributed by atoms with van der Waals surface area (Å²) in [5.41, 5.74) is 4.88. The molecule has 1 rings (SSSR count). The number of nitrogens with two attached hydrogens (primary N) is 1. The molecule has 0 fully saturated rings. The molecule has 0 saturated heterocycles. The molecule has 0 saturated carbocycles. The Labute approximate surface area is 97.6 Å². The van der Waals surface area contributed by atoms with Crippen LogP contribution in [0.3, 0.4) is 0 Å². The molecule has 0 aliphatic rings. The van der Waals surface area contributed by atoms with Crippen molar-refractivity contribution in [2.75, 3.05) is 13.7 Å². The van der Waals surface area contributed by atoms with Gasteiger partial charge >= 0.3 is 0 Å². The van der Waals surface area contributed by atoms with Crippen molar-refractivity contribution in [2.45, 2.75) is 18.6 Å². The zero-order valence-electron chi connectivity index (χ0n) is 9.36. The molecule has 1 aromatic carbocycles. The molecule has 4 N–H and O–H groups in total. The van der Waals surface area contributed by atoms with Crippen molar-refractivity contribution < 1.29 is 23.7 Å². The summed E-state index contributed by atoms with van der Waals surface area (Å²) >= 11 is 0. The van der Waals surface area contributed by atoms with E-state index in [4.69, 9.17) is 5.73 Å². The lowest BCUT2D eigenvalue weighted by atomic mass is 10.0. The quantitative estimate of drug-likeness (QED) is 0.716. The first kappa shape index (κ1) is 13.8. The molecule has 0 aromatic heterocycles. The third kappa shape index (κ3) is 2.91. The average Bonchev–Trinajstić information content (AvgIpc) is 2.32. The fourth-order valence-electron chi connectivity index (χ4n) is 1.47. The van der Waals surface area contributed by atoms with Crippen LogP contribution in [-0.2, 0) is 0 Å². The Bertz CT molecular complexity index is 387. The van der Waals surface area contributed by atoms with Crippen molar-refractivity contribution in [1.29, 1.82) is 0 Å². The van der Waals surface area contributed by atoms with Crippen molar-refractivity contribution >= 4 is 0 Å². The second kappa shape index (κ2) is 5.90. The van der Waals surface area contributed by atoms with Gasteiger partial charge in [0.25, 0.3) is 0 Å². The van der Waals surface area contributed by atoms with E-state index in [0.29, 0.717) is 0 Å². The zero-order chi connectivity index (χ0) is 13.0. The summed E-state index contributed by atoms with van der Waals surface area (Å²) in [7, 11) is 1.21. The van der Waals surface area contributed by atoms with Gasteiger partial charge in [-0.15, -0.1) is 0 Å². The number of methoxy groups -OCH3 is 1. The van der Waals surface area contributed by atoms with Crippen LogP contribution >= 0.6 is 0 Å². The highest BCUT2D eigenvalue weighted by Gasteiger charge is 2.24. The van der Waals surface area contributed by atoms with Crippen LogP contribution in [0.2, 0.25) is 0 Å². The summed E-state index contributed by atoms with van der Waals surface area (Å²) in [6, 6.07) is 2.35. The van der Waals surface area contributed by atoms with E-state index in [1.165, 1.54) is 19.2 Å². The fraction of sp³-hybridized carbons (Fsp3) is 0.455. The molecule has 4 nitrogen and oxygen atoms in total. The van der Waals surface area contributed by atoms with Crippen LogP contribution < -0.4 is 10.5 Å². The van der Waals surface area contributed by atoms with Gasteiger partial charge in [0.05, 0.1) is 13.2 Å². The van der Waals surface area contributed by atoms with Crippen molar-refractivity contribution in [3.63, 3.8) is 0 Å². The van der Waals surface area contributed by atoms with Gasteiger partial charge in [0, 0.05) is 5.56 Å². The van der Waals surface area contributed by atoms with Crippen molar-refractivity contribution in [1.82, 2.24) is 0 Å². The number of halogens is 2. The SMILES string of the molecule is COc1ccc(C(O)C(O)CCN)c(F)c1F. The second-order valence-electron chi connectivity index (χ2n) is 3.57. The monoisotopic (exact) mass is 247 g/mol. The predicted molar refractivity (Wildman–Crippen MR) is 57.5 cm³/mol. The van der Waals surface area contributed by atoms with Gasteiger partial charge in [-0.3, -0.25) is 0 Å². The van der Waals surface area contributed by atoms with E-state index in [0.717, 1.165) is 0 Å². The molecular weight excluding hydrogens is 232 g/mol. The van der Waals surface area contributed by atoms with Crippen LogP contribution in [0.15, 0.2) is 12.1 Å². The molecule has 96 valence electrons. The maximum Gasteiger partial charge on any atom is 0.200 e. The summed E-state index contributed by atoms with van der Waals surface area (Å²) in [4.78, 5) is 0. The van der Waals surface area contributed by atoms with Gasteiger partial charge in [0.15, 0.2) is 11.6 Å². The summed E-state index contributed by atoms with van der Waals surface area (Å²) in [6.45, 7) is 0.137. The summed E-state index contributed by atoms with van der Waals surface area (Å²) in [6.07, 6.45) is -2.66. The molecule has 0 aliphatic heterocycles. The van der Waals surface area contributed by atoms with E-state index in [2.05, 4.69) is 4.74 Å². The fourth-order valence-corrected chi connectivity index (χ4v) is 1.47. The van der Waals surface area contributed by atoms with E-state index < -0.39 is 23.8 Å². The summed E-state index contributed by atoms with van der Waals surface area (Å²) < 4.78 is 31.5. The van der Waals surface area contributed by atoms with Crippen LogP contribution in [0.1, 0.15) is 18.1 Å². The van der Waals surface area contributed by atoms with Crippen molar-refractivity contribution in [2.24, 2.45) is 5.73 Å². The van der Waals surface area contributed by atoms with E-state index >= 15 is 0 Å². The first-order valence-electron chi connectivity index (χ1n) is 5.11. The number of aliphatic hydroxyl groups excluding tert-OH is 2. The smallest absolute Gasteiger partial charge is 0.200 e. The minimum absolute atomic E-state index is 0.0915. The number of hydrogen-bond donors (Lipinski definition) is 3. The standard InChI is InChI=1S/C11H15F2NO3/c1-17-8-3-2-6(9(12)10(8)13)11(16)7(15)4-5-14/h2-3,7,11,15-16H,4-5,14H2,1H3. The topological polar surface area (TPSA) is 75.7 Å². The van der Waals surface area contributed by atoms with Gasteiger partial charge in [0.1, 0.15) is 6.10 Å². The molecular formula is C11H15F2NO3. The van der Waals surface area contributed by atoms with Crippen LogP contribution in [0.25, 0.3) is 0 Å². The Morgan fingerprint density at radius 3 is 2.47 bits per heavy atom. The lowest BCUT2D eigenvalue weighted by Crippen LogP contribution is -2.23. The first-order chi connectivity index (χ1) is 8.02. The Balaban J connectivity index is 3.03. The largest absolute Gasteiger partial charge is 0.494 e. The summed E-state index contributed by atoms with van der Waals surface area (Å²) in [5, 5.41) is 19.1. The predicted octanol–water partition coefficient (Wildman–Crippen LogP) is 0.717. The maximum absolute atomic E-state index is 13.5. The van der Waals surface area contributed by atoms with Crippen LogP contribution in [0.4, 0.5) is 8.78 Å². The number of hydrogen-bond acceptors (Lipinski definition) is 4. The second-order valence-corrected chi connectivity index (χ2v) is 3.57. The molecule has 2 unspecified atom stereocenters. The minimum atomic E-state index is -1.51. The van der Waals surface area contributed by atoms with Gasteiger partial charge in [-0.05, 0) is 25.1 Å². The number of ether oxygens (including phenoxy) is 1. The van der Waals surface area contributed by atoms with Gasteiger partial charge < -0.3 is 20.7 Å². The Kier molecular flexibility index (Phi) is 4.80. The minimum Gasteiger partial charge on any atom is -0.494 e. The van der Waals surface area contributed by atoms with E-state index in [1.54, 1.807) is 0 Å². The molecule has 17 heavy (non-hydrogen) atoms. The highest BCUT2D eigenvalue weighted by molar-refractivity contribution is 5.32. The maximum atomic E-state index is 13.5. The van der Waals surface area contributed by atoms with E-state index in [-0.39, 0.29) is 24.3 Å². The molecule has 0 spiro atoms. The third-order valence-electron chi connectivity index (χ3n) is 2.44. The highest BCUT2D eigenvalue weighted by atomic mass is 19.2. The number of aliphatic hydroxyl groups is 2. The van der Waals surface area contributed by atoms with Crippen LogP contribution in [0, 0.1) is 11.6 Å². The van der Waals surface area contributed by atoms with Gasteiger partial charge in [-0.2, -0.15) is 4.39 Å². The Morgan fingerprint density at radius 1 is 1.29 bits per heavy atom. The summed E-state index contributed by atoms with van der Waals surface area (Å²) in [5.74, 6) is -2.68. The molecule has 1 aromatic rings. The molecule has 0 heterocycles. The third-order valence-corrected chi connectivity index (χ3v) is 2.44. The van der Waals surface area contributed by atoms with Crippen molar-refractivity contribution in [3.8, 4) is 5.75 Å². The van der Waals surface area contributed by atoms with E-state index in [1.807, 2.05) is 0 Å². The normalized spacial score (nSPS) is 14.5. The Morgan fingerprint density at radius 2 is 1.94 bits per heavy atom.